The Balaban J connectivity index is 2.05. The summed E-state index contributed by atoms with van der Waals surface area (Å²) in [5.74, 6) is 4.36. The van der Waals surface area contributed by atoms with Crippen LogP contribution < -0.4 is 21.3 Å². The molecule has 0 saturated carbocycles. The Kier molecular flexibility index (Phi) is 12.3. The van der Waals surface area contributed by atoms with E-state index in [4.69, 9.17) is 0 Å². The lowest BCUT2D eigenvalue weighted by Gasteiger charge is -2.17. The lowest BCUT2D eigenvalue weighted by molar-refractivity contribution is -0.112. The Labute approximate surface area is 243 Å². The molecule has 1 unspecified atom stereocenters. The van der Waals surface area contributed by atoms with Crippen molar-refractivity contribution in [3.05, 3.63) is 71.3 Å². The Morgan fingerprint density at radius 1 is 0.780 bits per heavy atom. The molecule has 2 aromatic rings. The molecule has 8 heteroatoms. The minimum absolute atomic E-state index is 0.0465. The zero-order chi connectivity index (χ0) is 30.7. The monoisotopic (exact) mass is 558 g/mol. The van der Waals surface area contributed by atoms with Gasteiger partial charge in [0.25, 0.3) is 17.7 Å². The molecule has 4 amide bonds. The zero-order valence-electron chi connectivity index (χ0n) is 25.1. The van der Waals surface area contributed by atoms with Crippen molar-refractivity contribution in [1.82, 2.24) is 10.6 Å². The molecule has 2 rings (SSSR count). The molecule has 0 bridgehead atoms. The minimum Gasteiger partial charge on any atom is -0.350 e. The van der Waals surface area contributed by atoms with Gasteiger partial charge in [-0.3, -0.25) is 19.2 Å². The summed E-state index contributed by atoms with van der Waals surface area (Å²) in [6.45, 7) is 17.2. The van der Waals surface area contributed by atoms with Crippen LogP contribution >= 0.6 is 0 Å². The topological polar surface area (TPSA) is 116 Å². The third-order valence-electron chi connectivity index (χ3n) is 6.30. The molecule has 41 heavy (non-hydrogen) atoms. The highest BCUT2D eigenvalue weighted by Crippen LogP contribution is 2.24. The molecule has 218 valence electrons. The first-order chi connectivity index (χ1) is 19.3. The van der Waals surface area contributed by atoms with Gasteiger partial charge in [-0.25, -0.2) is 0 Å². The van der Waals surface area contributed by atoms with Crippen LogP contribution in [0, 0.1) is 11.8 Å². The van der Waals surface area contributed by atoms with E-state index >= 15 is 0 Å². The Morgan fingerprint density at radius 3 is 2.00 bits per heavy atom. The molecule has 0 aliphatic heterocycles. The molecule has 0 radical (unpaired) electrons. The molecule has 4 N–H and O–H groups in total. The van der Waals surface area contributed by atoms with Crippen molar-refractivity contribution in [3.63, 3.8) is 0 Å². The Hall–Kier alpha value is -4.38. The predicted octanol–water partition coefficient (Wildman–Crippen LogP) is 5.74. The number of carbonyl (C=O) groups excluding carboxylic acids is 4. The summed E-state index contributed by atoms with van der Waals surface area (Å²) in [6.07, 6.45) is 2.03. The second-order valence-electron chi connectivity index (χ2n) is 10.9. The van der Waals surface area contributed by atoms with Crippen molar-refractivity contribution in [2.45, 2.75) is 85.2 Å². The average Bonchev–Trinajstić information content (AvgIpc) is 2.90. The van der Waals surface area contributed by atoms with E-state index < -0.39 is 11.8 Å². The summed E-state index contributed by atoms with van der Waals surface area (Å²) in [5, 5.41) is 11.2. The summed E-state index contributed by atoms with van der Waals surface area (Å²) >= 11 is 0. The zero-order valence-corrected chi connectivity index (χ0v) is 25.1. The quantitative estimate of drug-likeness (QED) is 0.208. The largest absolute Gasteiger partial charge is 0.350 e. The summed E-state index contributed by atoms with van der Waals surface area (Å²) in [5.41, 5.74) is 3.52. The SMILES string of the molecule is C=CC(=O)Nc1ccc(C(C)C)cc1C(=O)NC(C)CCC#CC(=O)Nc1cc(C(C)C)ccc1C(=O)NC(C)C. The summed E-state index contributed by atoms with van der Waals surface area (Å²) in [7, 11) is 0. The van der Waals surface area contributed by atoms with Gasteiger partial charge in [-0.1, -0.05) is 52.3 Å². The van der Waals surface area contributed by atoms with Crippen LogP contribution in [0.25, 0.3) is 0 Å². The van der Waals surface area contributed by atoms with E-state index in [9.17, 15) is 19.2 Å². The Morgan fingerprint density at radius 2 is 1.39 bits per heavy atom. The van der Waals surface area contributed by atoms with E-state index in [1.165, 1.54) is 0 Å². The van der Waals surface area contributed by atoms with Gasteiger partial charge in [-0.2, -0.15) is 0 Å². The van der Waals surface area contributed by atoms with Crippen LogP contribution in [0.5, 0.6) is 0 Å². The van der Waals surface area contributed by atoms with Crippen molar-refractivity contribution in [3.8, 4) is 11.8 Å². The maximum atomic E-state index is 13.1. The molecule has 0 aliphatic rings. The second-order valence-corrected chi connectivity index (χ2v) is 10.9. The van der Waals surface area contributed by atoms with Crippen LogP contribution in [-0.4, -0.2) is 35.7 Å². The standard InChI is InChI=1S/C33H42N4O4/c1-9-30(38)36-28-17-15-24(20(2)3)18-27(28)33(41)35-23(8)12-10-11-13-31(39)37-29-19-25(21(4)5)14-16-26(29)32(40)34-22(6)7/h9,14-23H,1,10,12H2,2-8H3,(H,34,40)(H,35,41)(H,36,38)(H,37,39). The van der Waals surface area contributed by atoms with Gasteiger partial charge in [0.1, 0.15) is 0 Å². The van der Waals surface area contributed by atoms with Gasteiger partial charge in [-0.05, 0) is 86.4 Å². The first kappa shape index (κ1) is 32.8. The maximum absolute atomic E-state index is 13.1. The molecule has 0 spiro atoms. The fourth-order valence-corrected chi connectivity index (χ4v) is 3.92. The number of hydrogen-bond acceptors (Lipinski definition) is 4. The van der Waals surface area contributed by atoms with Crippen molar-refractivity contribution in [2.24, 2.45) is 0 Å². The highest BCUT2D eigenvalue weighted by Gasteiger charge is 2.18. The maximum Gasteiger partial charge on any atom is 0.300 e. The van der Waals surface area contributed by atoms with E-state index in [1.807, 2.05) is 60.6 Å². The number of anilines is 2. The molecule has 2 aromatic carbocycles. The molecular weight excluding hydrogens is 516 g/mol. The lowest BCUT2D eigenvalue weighted by Crippen LogP contribution is -2.33. The van der Waals surface area contributed by atoms with Crippen LogP contribution in [0.4, 0.5) is 11.4 Å². The van der Waals surface area contributed by atoms with Crippen LogP contribution in [0.2, 0.25) is 0 Å². The summed E-state index contributed by atoms with van der Waals surface area (Å²) < 4.78 is 0. The van der Waals surface area contributed by atoms with Crippen molar-refractivity contribution in [2.75, 3.05) is 10.6 Å². The number of hydrogen-bond donors (Lipinski definition) is 4. The molecular formula is C33H42N4O4. The van der Waals surface area contributed by atoms with E-state index in [-0.39, 0.29) is 35.7 Å². The highest BCUT2D eigenvalue weighted by atomic mass is 16.2. The smallest absolute Gasteiger partial charge is 0.300 e. The van der Waals surface area contributed by atoms with Gasteiger partial charge in [0.2, 0.25) is 5.91 Å². The number of benzene rings is 2. The summed E-state index contributed by atoms with van der Waals surface area (Å²) in [4.78, 5) is 50.2. The molecule has 0 saturated heterocycles. The minimum atomic E-state index is -0.519. The van der Waals surface area contributed by atoms with Crippen LogP contribution in [0.15, 0.2) is 49.1 Å². The van der Waals surface area contributed by atoms with Crippen molar-refractivity contribution >= 4 is 35.0 Å². The van der Waals surface area contributed by atoms with Gasteiger partial charge in [0, 0.05) is 18.5 Å². The molecule has 1 atom stereocenters. The fraction of sp³-hybridized carbons (Fsp3) is 0.394. The number of amides is 4. The molecule has 0 aromatic heterocycles. The van der Waals surface area contributed by atoms with Gasteiger partial charge >= 0.3 is 0 Å². The highest BCUT2D eigenvalue weighted by molar-refractivity contribution is 6.09. The van der Waals surface area contributed by atoms with Gasteiger partial charge in [0.15, 0.2) is 0 Å². The molecule has 0 fully saturated rings. The third kappa shape index (κ3) is 10.3. The first-order valence-corrected chi connectivity index (χ1v) is 13.9. The summed E-state index contributed by atoms with van der Waals surface area (Å²) in [6, 6.07) is 10.5. The molecule has 0 heterocycles. The van der Waals surface area contributed by atoms with E-state index in [1.54, 1.807) is 24.3 Å². The predicted molar refractivity (Wildman–Crippen MR) is 165 cm³/mol. The van der Waals surface area contributed by atoms with Crippen LogP contribution in [0.3, 0.4) is 0 Å². The average molecular weight is 559 g/mol. The number of carbonyl (C=O) groups is 4. The van der Waals surface area contributed by atoms with E-state index in [0.717, 1.165) is 17.2 Å². The number of rotatable bonds is 11. The van der Waals surface area contributed by atoms with E-state index in [0.29, 0.717) is 35.3 Å². The molecule has 8 nitrogen and oxygen atoms in total. The lowest BCUT2D eigenvalue weighted by atomic mass is 9.99. The fourth-order valence-electron chi connectivity index (χ4n) is 3.92. The number of nitrogens with one attached hydrogen (secondary N) is 4. The van der Waals surface area contributed by atoms with Crippen LogP contribution in [-0.2, 0) is 9.59 Å². The van der Waals surface area contributed by atoms with Crippen molar-refractivity contribution < 1.29 is 19.2 Å². The van der Waals surface area contributed by atoms with Crippen molar-refractivity contribution in [1.29, 1.82) is 0 Å². The van der Waals surface area contributed by atoms with Gasteiger partial charge in [-0.15, -0.1) is 0 Å². The molecule has 0 aliphatic carbocycles. The van der Waals surface area contributed by atoms with Gasteiger partial charge in [0.05, 0.1) is 22.5 Å². The van der Waals surface area contributed by atoms with Gasteiger partial charge < -0.3 is 21.3 Å². The normalized spacial score (nSPS) is 11.4. The third-order valence-corrected chi connectivity index (χ3v) is 6.30. The second kappa shape index (κ2) is 15.4. The van der Waals surface area contributed by atoms with E-state index in [2.05, 4.69) is 39.7 Å². The Bertz CT molecular complexity index is 1350. The van der Waals surface area contributed by atoms with Crippen LogP contribution in [0.1, 0.15) is 105 Å². The first-order valence-electron chi connectivity index (χ1n) is 13.9.